The molecule has 0 spiro atoms. The summed E-state index contributed by atoms with van der Waals surface area (Å²) in [5.41, 5.74) is -0.382. The second kappa shape index (κ2) is 11.3. The zero-order valence-corrected chi connectivity index (χ0v) is 20.2. The first-order chi connectivity index (χ1) is 17.6. The summed E-state index contributed by atoms with van der Waals surface area (Å²) in [7, 11) is 1.54. The second-order valence-electron chi connectivity index (χ2n) is 9.39. The van der Waals surface area contributed by atoms with Crippen LogP contribution in [0.3, 0.4) is 0 Å². The lowest BCUT2D eigenvalue weighted by atomic mass is 9.78. The van der Waals surface area contributed by atoms with Crippen molar-refractivity contribution in [3.8, 4) is 11.5 Å². The van der Waals surface area contributed by atoms with Crippen LogP contribution >= 0.6 is 0 Å². The van der Waals surface area contributed by atoms with E-state index < -0.39 is 41.9 Å². The van der Waals surface area contributed by atoms with Crippen LogP contribution in [-0.2, 0) is 27.5 Å². The summed E-state index contributed by atoms with van der Waals surface area (Å²) in [4.78, 5) is 13.3. The second-order valence-corrected chi connectivity index (χ2v) is 9.39. The van der Waals surface area contributed by atoms with Crippen molar-refractivity contribution in [1.29, 1.82) is 0 Å². The molecule has 0 bridgehead atoms. The van der Waals surface area contributed by atoms with E-state index in [9.17, 15) is 28.2 Å². The first kappa shape index (κ1) is 27.2. The van der Waals surface area contributed by atoms with Crippen molar-refractivity contribution in [2.45, 2.75) is 75.2 Å². The monoisotopic (exact) mass is 525 g/mol. The molecule has 37 heavy (non-hydrogen) atoms. The molecule has 1 amide bonds. The van der Waals surface area contributed by atoms with E-state index in [1.165, 1.54) is 19.2 Å². The van der Waals surface area contributed by atoms with Gasteiger partial charge in [0.25, 0.3) is 5.91 Å². The van der Waals surface area contributed by atoms with Gasteiger partial charge in [0.15, 0.2) is 5.60 Å². The zero-order chi connectivity index (χ0) is 26.6. The van der Waals surface area contributed by atoms with Crippen molar-refractivity contribution in [3.05, 3.63) is 59.7 Å². The third-order valence-electron chi connectivity index (χ3n) is 6.42. The zero-order valence-electron chi connectivity index (χ0n) is 20.2. The standard InChI is InChI=1S/C26H30F3NO7/c1-34-19-6-2-5-17(10-19)15-36-25(24(33)30-18-8-9-18)12-21(31)23(32)22(13-25)35-14-16-4-3-7-20(11-16)37-26(27,28)29/h2-7,10-11,18,21-23,31-32H,8-9,12-15H2,1H3,(H,30,33)/t21-,22?,23-,25+/m1/s1. The van der Waals surface area contributed by atoms with Gasteiger partial charge in [-0.05, 0) is 48.2 Å². The Morgan fingerprint density at radius 3 is 2.32 bits per heavy atom. The summed E-state index contributed by atoms with van der Waals surface area (Å²) >= 11 is 0. The molecule has 0 aromatic heterocycles. The summed E-state index contributed by atoms with van der Waals surface area (Å²) in [6, 6.07) is 12.4. The van der Waals surface area contributed by atoms with E-state index in [1.54, 1.807) is 24.3 Å². The van der Waals surface area contributed by atoms with Gasteiger partial charge in [-0.2, -0.15) is 0 Å². The maximum atomic E-state index is 13.3. The number of nitrogens with one attached hydrogen (secondary N) is 1. The van der Waals surface area contributed by atoms with Gasteiger partial charge in [-0.3, -0.25) is 4.79 Å². The van der Waals surface area contributed by atoms with Gasteiger partial charge >= 0.3 is 6.36 Å². The summed E-state index contributed by atoms with van der Waals surface area (Å²) < 4.78 is 58.9. The first-order valence-electron chi connectivity index (χ1n) is 12.0. The molecule has 2 aliphatic carbocycles. The van der Waals surface area contributed by atoms with Crippen molar-refractivity contribution >= 4 is 5.91 Å². The van der Waals surface area contributed by atoms with Crippen molar-refractivity contribution in [1.82, 2.24) is 5.32 Å². The fraction of sp³-hybridized carbons (Fsp3) is 0.500. The molecule has 2 aliphatic rings. The molecule has 2 fully saturated rings. The van der Waals surface area contributed by atoms with Crippen LogP contribution in [0.1, 0.15) is 36.8 Å². The highest BCUT2D eigenvalue weighted by Crippen LogP contribution is 2.37. The number of carbonyl (C=O) groups excluding carboxylic acids is 1. The Labute approximate surface area is 212 Å². The molecular weight excluding hydrogens is 495 g/mol. The Morgan fingerprint density at radius 2 is 1.68 bits per heavy atom. The first-order valence-corrected chi connectivity index (χ1v) is 12.0. The molecule has 3 N–H and O–H groups in total. The molecule has 2 aromatic rings. The van der Waals surface area contributed by atoms with E-state index in [2.05, 4.69) is 10.1 Å². The van der Waals surface area contributed by atoms with Crippen LogP contribution in [0.5, 0.6) is 11.5 Å². The Hall–Kier alpha value is -2.86. The molecular formula is C26H30F3NO7. The maximum absolute atomic E-state index is 13.3. The molecule has 2 saturated carbocycles. The Morgan fingerprint density at radius 1 is 1.03 bits per heavy atom. The fourth-order valence-electron chi connectivity index (χ4n) is 4.33. The highest BCUT2D eigenvalue weighted by molar-refractivity contribution is 5.86. The quantitative estimate of drug-likeness (QED) is 0.437. The number of alkyl halides is 3. The molecule has 0 heterocycles. The van der Waals surface area contributed by atoms with Gasteiger partial charge in [-0.1, -0.05) is 24.3 Å². The number of hydrogen-bond donors (Lipinski definition) is 3. The lowest BCUT2D eigenvalue weighted by molar-refractivity contribution is -0.274. The average molecular weight is 526 g/mol. The third-order valence-corrected chi connectivity index (χ3v) is 6.42. The Balaban J connectivity index is 1.50. The van der Waals surface area contributed by atoms with Crippen LogP contribution in [0.25, 0.3) is 0 Å². The van der Waals surface area contributed by atoms with E-state index in [1.807, 2.05) is 6.07 Å². The average Bonchev–Trinajstić information content (AvgIpc) is 3.67. The highest BCUT2D eigenvalue weighted by atomic mass is 19.4. The minimum atomic E-state index is -4.84. The van der Waals surface area contributed by atoms with Crippen molar-refractivity contribution in [2.75, 3.05) is 7.11 Å². The smallest absolute Gasteiger partial charge is 0.497 e. The SMILES string of the molecule is COc1cccc(CO[C@]2(C(=O)NC3CC3)CC(OCc3cccc(OC(F)(F)F)c3)[C@H](O)[C@H](O)C2)c1. The molecule has 0 radical (unpaired) electrons. The lowest BCUT2D eigenvalue weighted by Crippen LogP contribution is -2.60. The molecule has 11 heteroatoms. The van der Waals surface area contributed by atoms with Gasteiger partial charge in [0, 0.05) is 18.9 Å². The van der Waals surface area contributed by atoms with E-state index >= 15 is 0 Å². The summed E-state index contributed by atoms with van der Waals surface area (Å²) in [5.74, 6) is -0.190. The van der Waals surface area contributed by atoms with Gasteiger partial charge in [0.2, 0.25) is 0 Å². The van der Waals surface area contributed by atoms with Crippen LogP contribution in [0.15, 0.2) is 48.5 Å². The molecule has 8 nitrogen and oxygen atoms in total. The van der Waals surface area contributed by atoms with Crippen molar-refractivity contribution in [3.63, 3.8) is 0 Å². The summed E-state index contributed by atoms with van der Waals surface area (Å²) in [6.45, 7) is -0.138. The fourth-order valence-corrected chi connectivity index (χ4v) is 4.33. The normalized spacial score (nSPS) is 25.9. The number of hydrogen-bond acceptors (Lipinski definition) is 7. The van der Waals surface area contributed by atoms with Gasteiger partial charge in [-0.15, -0.1) is 13.2 Å². The maximum Gasteiger partial charge on any atom is 0.573 e. The summed E-state index contributed by atoms with van der Waals surface area (Å²) in [5, 5.41) is 24.2. The Kier molecular flexibility index (Phi) is 8.27. The largest absolute Gasteiger partial charge is 0.573 e. The number of methoxy groups -OCH3 is 1. The van der Waals surface area contributed by atoms with Crippen LogP contribution in [0, 0.1) is 0 Å². The molecule has 0 saturated heterocycles. The molecule has 4 rings (SSSR count). The third kappa shape index (κ3) is 7.35. The van der Waals surface area contributed by atoms with Gasteiger partial charge in [0.05, 0.1) is 32.5 Å². The molecule has 0 aliphatic heterocycles. The van der Waals surface area contributed by atoms with Crippen LogP contribution in [0.4, 0.5) is 13.2 Å². The van der Waals surface area contributed by atoms with E-state index in [4.69, 9.17) is 14.2 Å². The Bertz CT molecular complexity index is 1080. The number of ether oxygens (including phenoxy) is 4. The van der Waals surface area contributed by atoms with Gasteiger partial charge < -0.3 is 34.5 Å². The highest BCUT2D eigenvalue weighted by Gasteiger charge is 2.52. The molecule has 2 aromatic carbocycles. The van der Waals surface area contributed by atoms with Gasteiger partial charge in [-0.25, -0.2) is 0 Å². The predicted molar refractivity (Wildman–Crippen MR) is 125 cm³/mol. The van der Waals surface area contributed by atoms with E-state index in [-0.39, 0.29) is 32.1 Å². The van der Waals surface area contributed by atoms with Crippen LogP contribution in [0.2, 0.25) is 0 Å². The van der Waals surface area contributed by atoms with Crippen LogP contribution < -0.4 is 14.8 Å². The predicted octanol–water partition coefficient (Wildman–Crippen LogP) is 3.23. The number of aliphatic hydroxyl groups is 2. The number of aliphatic hydroxyl groups excluding tert-OH is 2. The molecule has 4 atom stereocenters. The van der Waals surface area contributed by atoms with Crippen LogP contribution in [-0.4, -0.2) is 59.5 Å². The number of halogens is 3. The summed E-state index contributed by atoms with van der Waals surface area (Å²) in [6.07, 6.45) is -7.02. The van der Waals surface area contributed by atoms with E-state index in [0.717, 1.165) is 24.5 Å². The molecule has 202 valence electrons. The number of carbonyl (C=O) groups is 1. The minimum Gasteiger partial charge on any atom is -0.497 e. The number of benzene rings is 2. The van der Waals surface area contributed by atoms with Crippen molar-refractivity contribution < 1.29 is 47.1 Å². The molecule has 1 unspecified atom stereocenters. The van der Waals surface area contributed by atoms with E-state index in [0.29, 0.717) is 11.3 Å². The van der Waals surface area contributed by atoms with Crippen molar-refractivity contribution in [2.24, 2.45) is 0 Å². The lowest BCUT2D eigenvalue weighted by Gasteiger charge is -2.44. The topological polar surface area (TPSA) is 106 Å². The number of amides is 1. The minimum absolute atomic E-state index is 0.0320. The van der Waals surface area contributed by atoms with Gasteiger partial charge in [0.1, 0.15) is 17.6 Å². The number of rotatable bonds is 10.